The number of carbonyl (C=O) groups is 1. The second kappa shape index (κ2) is 12.0. The Morgan fingerprint density at radius 3 is 2.47 bits per heavy atom. The first-order valence-corrected chi connectivity index (χ1v) is 7.26. The molecule has 0 atom stereocenters. The molecule has 0 aliphatic heterocycles. The van der Waals surface area contributed by atoms with Gasteiger partial charge in [0.05, 0.1) is 0 Å². The van der Waals surface area contributed by atoms with Crippen LogP contribution in [-0.2, 0) is 4.79 Å². The third-order valence-electron chi connectivity index (χ3n) is 2.39. The molecular formula is C12H24BrNO. The molecule has 0 aromatic rings. The Balaban J connectivity index is 3.11. The van der Waals surface area contributed by atoms with Gasteiger partial charge in [0.1, 0.15) is 0 Å². The highest BCUT2D eigenvalue weighted by Gasteiger charge is 1.99. The predicted octanol–water partition coefficient (Wildman–Crippen LogP) is 3.64. The molecule has 0 aromatic carbocycles. The van der Waals surface area contributed by atoms with Gasteiger partial charge in [-0.2, -0.15) is 0 Å². The Morgan fingerprint density at radius 1 is 1.07 bits per heavy atom. The van der Waals surface area contributed by atoms with Gasteiger partial charge in [0.15, 0.2) is 0 Å². The number of hydrogen-bond acceptors (Lipinski definition) is 1. The first-order valence-electron chi connectivity index (χ1n) is 6.14. The van der Waals surface area contributed by atoms with E-state index in [4.69, 9.17) is 0 Å². The van der Waals surface area contributed by atoms with Crippen LogP contribution in [0.2, 0.25) is 0 Å². The number of carbonyl (C=O) groups excluding carboxylic acids is 1. The average Bonchev–Trinajstić information content (AvgIpc) is 2.24. The summed E-state index contributed by atoms with van der Waals surface area (Å²) in [6.07, 6.45) is 8.92. The Hall–Kier alpha value is -0.0500. The molecule has 90 valence electrons. The van der Waals surface area contributed by atoms with E-state index in [-0.39, 0.29) is 5.91 Å². The standard InChI is InChI=1S/C12H24BrNO/c1-2-3-4-6-9-12(15)14-11-8-5-7-10-13/h2-11H2,1H3,(H,14,15). The highest BCUT2D eigenvalue weighted by Crippen LogP contribution is 2.02. The Bertz CT molecular complexity index is 151. The largest absolute Gasteiger partial charge is 0.356 e. The molecule has 1 amide bonds. The summed E-state index contributed by atoms with van der Waals surface area (Å²) >= 11 is 3.39. The van der Waals surface area contributed by atoms with Crippen molar-refractivity contribution in [2.45, 2.75) is 58.3 Å². The van der Waals surface area contributed by atoms with Crippen LogP contribution in [0.1, 0.15) is 58.3 Å². The minimum atomic E-state index is 0.227. The fourth-order valence-corrected chi connectivity index (χ4v) is 1.82. The van der Waals surface area contributed by atoms with Crippen molar-refractivity contribution in [1.29, 1.82) is 0 Å². The van der Waals surface area contributed by atoms with Crippen molar-refractivity contribution in [3.8, 4) is 0 Å². The fourth-order valence-electron chi connectivity index (χ4n) is 1.42. The lowest BCUT2D eigenvalue weighted by Gasteiger charge is -2.04. The van der Waals surface area contributed by atoms with Crippen LogP contribution in [0.5, 0.6) is 0 Å². The number of halogens is 1. The van der Waals surface area contributed by atoms with E-state index >= 15 is 0 Å². The van der Waals surface area contributed by atoms with Crippen LogP contribution >= 0.6 is 15.9 Å². The molecule has 1 N–H and O–H groups in total. The number of amides is 1. The SMILES string of the molecule is CCCCCCC(=O)NCCCCCBr. The van der Waals surface area contributed by atoms with E-state index in [0.717, 1.165) is 24.7 Å². The first-order chi connectivity index (χ1) is 7.31. The van der Waals surface area contributed by atoms with Crippen LogP contribution in [0.15, 0.2) is 0 Å². The van der Waals surface area contributed by atoms with Crippen LogP contribution in [0, 0.1) is 0 Å². The first kappa shape index (κ1) is 14.9. The van der Waals surface area contributed by atoms with E-state index in [0.29, 0.717) is 6.42 Å². The van der Waals surface area contributed by atoms with Gasteiger partial charge in [-0.3, -0.25) is 4.79 Å². The van der Waals surface area contributed by atoms with Crippen molar-refractivity contribution in [1.82, 2.24) is 5.32 Å². The predicted molar refractivity (Wildman–Crippen MR) is 69.4 cm³/mol. The maximum Gasteiger partial charge on any atom is 0.219 e. The van der Waals surface area contributed by atoms with Crippen LogP contribution in [0.4, 0.5) is 0 Å². The summed E-state index contributed by atoms with van der Waals surface area (Å²) < 4.78 is 0. The van der Waals surface area contributed by atoms with Crippen molar-refractivity contribution >= 4 is 21.8 Å². The molecule has 3 heteroatoms. The monoisotopic (exact) mass is 277 g/mol. The van der Waals surface area contributed by atoms with Gasteiger partial charge in [-0.15, -0.1) is 0 Å². The fraction of sp³-hybridized carbons (Fsp3) is 0.917. The zero-order chi connectivity index (χ0) is 11.4. The van der Waals surface area contributed by atoms with Gasteiger partial charge in [-0.25, -0.2) is 0 Å². The van der Waals surface area contributed by atoms with E-state index in [9.17, 15) is 4.79 Å². The third kappa shape index (κ3) is 11.9. The van der Waals surface area contributed by atoms with E-state index in [1.54, 1.807) is 0 Å². The summed E-state index contributed by atoms with van der Waals surface area (Å²) in [5.74, 6) is 0.227. The van der Waals surface area contributed by atoms with Crippen molar-refractivity contribution < 1.29 is 4.79 Å². The molecule has 2 nitrogen and oxygen atoms in total. The smallest absolute Gasteiger partial charge is 0.219 e. The van der Waals surface area contributed by atoms with Gasteiger partial charge in [0.25, 0.3) is 0 Å². The average molecular weight is 278 g/mol. The Labute approximate surface area is 102 Å². The van der Waals surface area contributed by atoms with Gasteiger partial charge in [0.2, 0.25) is 5.91 Å². The molecule has 0 spiro atoms. The van der Waals surface area contributed by atoms with E-state index < -0.39 is 0 Å². The zero-order valence-corrected chi connectivity index (χ0v) is 11.4. The van der Waals surface area contributed by atoms with E-state index in [1.165, 1.54) is 32.1 Å². The molecule has 0 aromatic heterocycles. The Kier molecular flexibility index (Phi) is 12.0. The van der Waals surface area contributed by atoms with Gasteiger partial charge in [-0.1, -0.05) is 48.5 Å². The minimum Gasteiger partial charge on any atom is -0.356 e. The number of unbranched alkanes of at least 4 members (excludes halogenated alkanes) is 5. The summed E-state index contributed by atoms with van der Waals surface area (Å²) in [4.78, 5) is 11.3. The molecule has 0 unspecified atom stereocenters. The minimum absolute atomic E-state index is 0.227. The second-order valence-corrected chi connectivity index (χ2v) is 4.70. The molecule has 0 saturated heterocycles. The van der Waals surface area contributed by atoms with E-state index in [1.807, 2.05) is 0 Å². The molecule has 0 fully saturated rings. The van der Waals surface area contributed by atoms with Crippen LogP contribution < -0.4 is 5.32 Å². The molecule has 0 aliphatic rings. The lowest BCUT2D eigenvalue weighted by atomic mass is 10.1. The third-order valence-corrected chi connectivity index (χ3v) is 2.95. The molecular weight excluding hydrogens is 254 g/mol. The number of nitrogens with one attached hydrogen (secondary N) is 1. The number of alkyl halides is 1. The summed E-state index contributed by atoms with van der Waals surface area (Å²) in [7, 11) is 0. The topological polar surface area (TPSA) is 29.1 Å². The van der Waals surface area contributed by atoms with Crippen LogP contribution in [-0.4, -0.2) is 17.8 Å². The van der Waals surface area contributed by atoms with Crippen molar-refractivity contribution in [3.63, 3.8) is 0 Å². The lowest BCUT2D eigenvalue weighted by molar-refractivity contribution is -0.121. The number of rotatable bonds is 10. The maximum atomic E-state index is 11.3. The molecule has 0 saturated carbocycles. The van der Waals surface area contributed by atoms with Gasteiger partial charge in [-0.05, 0) is 19.3 Å². The molecule has 15 heavy (non-hydrogen) atoms. The van der Waals surface area contributed by atoms with Crippen LogP contribution in [0.3, 0.4) is 0 Å². The quantitative estimate of drug-likeness (QED) is 0.480. The molecule has 0 rings (SSSR count). The Morgan fingerprint density at radius 2 is 1.80 bits per heavy atom. The maximum absolute atomic E-state index is 11.3. The van der Waals surface area contributed by atoms with Gasteiger partial charge >= 0.3 is 0 Å². The summed E-state index contributed by atoms with van der Waals surface area (Å²) in [5.41, 5.74) is 0. The van der Waals surface area contributed by atoms with Crippen molar-refractivity contribution in [2.24, 2.45) is 0 Å². The molecule has 0 bridgehead atoms. The van der Waals surface area contributed by atoms with Crippen molar-refractivity contribution in [2.75, 3.05) is 11.9 Å². The van der Waals surface area contributed by atoms with Crippen LogP contribution in [0.25, 0.3) is 0 Å². The zero-order valence-electron chi connectivity index (χ0n) is 9.86. The van der Waals surface area contributed by atoms with Gasteiger partial charge in [0, 0.05) is 18.3 Å². The highest BCUT2D eigenvalue weighted by atomic mass is 79.9. The molecule has 0 heterocycles. The normalized spacial score (nSPS) is 10.3. The van der Waals surface area contributed by atoms with Gasteiger partial charge < -0.3 is 5.32 Å². The summed E-state index contributed by atoms with van der Waals surface area (Å²) in [5, 5.41) is 4.03. The summed E-state index contributed by atoms with van der Waals surface area (Å²) in [6.45, 7) is 3.03. The van der Waals surface area contributed by atoms with Crippen molar-refractivity contribution in [3.05, 3.63) is 0 Å². The summed E-state index contributed by atoms with van der Waals surface area (Å²) in [6, 6.07) is 0. The lowest BCUT2D eigenvalue weighted by Crippen LogP contribution is -2.23. The second-order valence-electron chi connectivity index (χ2n) is 3.91. The highest BCUT2D eigenvalue weighted by molar-refractivity contribution is 9.09. The number of hydrogen-bond donors (Lipinski definition) is 1. The molecule has 0 radical (unpaired) electrons. The van der Waals surface area contributed by atoms with E-state index in [2.05, 4.69) is 28.2 Å². The molecule has 0 aliphatic carbocycles.